The van der Waals surface area contributed by atoms with E-state index in [1.807, 2.05) is 31.7 Å². The molecule has 0 aliphatic rings. The molecule has 0 amide bonds. The summed E-state index contributed by atoms with van der Waals surface area (Å²) in [6, 6.07) is 8.25. The largest absolute Gasteiger partial charge is 0.409 e. The van der Waals surface area contributed by atoms with Crippen molar-refractivity contribution >= 4 is 33.5 Å². The quantitative estimate of drug-likeness (QED) is 0.191. The summed E-state index contributed by atoms with van der Waals surface area (Å²) in [5, 5.41) is 11.8. The number of hydrogen-bond donors (Lipinski definition) is 2. The van der Waals surface area contributed by atoms with Gasteiger partial charge in [0.15, 0.2) is 0 Å². The van der Waals surface area contributed by atoms with Gasteiger partial charge in [0.2, 0.25) is 0 Å². The summed E-state index contributed by atoms with van der Waals surface area (Å²) in [5.41, 5.74) is 5.44. The molecule has 0 heterocycles. The molecular formula is C14H21BrN2OS. The fourth-order valence-electron chi connectivity index (χ4n) is 1.68. The topological polar surface area (TPSA) is 58.6 Å². The highest BCUT2D eigenvalue weighted by atomic mass is 79.9. The Bertz CT molecular complexity index is 435. The summed E-state index contributed by atoms with van der Waals surface area (Å²) >= 11 is 5.40. The predicted octanol–water partition coefficient (Wildman–Crippen LogP) is 4.48. The molecule has 1 aromatic rings. The van der Waals surface area contributed by atoms with Crippen molar-refractivity contribution in [2.45, 2.75) is 38.0 Å². The van der Waals surface area contributed by atoms with Crippen molar-refractivity contribution in [3.8, 4) is 0 Å². The summed E-state index contributed by atoms with van der Waals surface area (Å²) in [5.74, 6) is 1.39. The van der Waals surface area contributed by atoms with Gasteiger partial charge in [-0.05, 0) is 46.7 Å². The van der Waals surface area contributed by atoms with Crippen LogP contribution in [0.25, 0.3) is 0 Å². The lowest BCUT2D eigenvalue weighted by Crippen LogP contribution is -2.31. The smallest absolute Gasteiger partial charge is 0.144 e. The zero-order valence-corrected chi connectivity index (χ0v) is 13.8. The second kappa shape index (κ2) is 7.80. The van der Waals surface area contributed by atoms with Gasteiger partial charge in [-0.1, -0.05) is 37.6 Å². The van der Waals surface area contributed by atoms with Crippen LogP contribution in [0.1, 0.15) is 33.1 Å². The van der Waals surface area contributed by atoms with Crippen molar-refractivity contribution in [1.82, 2.24) is 0 Å². The lowest BCUT2D eigenvalue weighted by atomic mass is 9.86. The van der Waals surface area contributed by atoms with E-state index in [0.29, 0.717) is 5.84 Å². The lowest BCUT2D eigenvalue weighted by molar-refractivity contribution is 0.304. The molecule has 0 unspecified atom stereocenters. The number of oxime groups is 1. The molecule has 0 radical (unpaired) electrons. The van der Waals surface area contributed by atoms with Crippen LogP contribution < -0.4 is 5.73 Å². The maximum Gasteiger partial charge on any atom is 0.144 e. The third-order valence-electron chi connectivity index (χ3n) is 3.09. The van der Waals surface area contributed by atoms with Crippen LogP contribution in [0, 0.1) is 5.41 Å². The molecule has 0 aliphatic heterocycles. The normalized spacial score (nSPS) is 12.7. The zero-order chi connectivity index (χ0) is 14.3. The van der Waals surface area contributed by atoms with Crippen LogP contribution in [0.4, 0.5) is 0 Å². The van der Waals surface area contributed by atoms with Crippen LogP contribution in [0.15, 0.2) is 38.8 Å². The molecule has 0 atom stereocenters. The third-order valence-corrected chi connectivity index (χ3v) is 5.21. The number of benzene rings is 1. The summed E-state index contributed by atoms with van der Waals surface area (Å²) in [6.45, 7) is 4.01. The van der Waals surface area contributed by atoms with Crippen LogP contribution >= 0.6 is 27.7 Å². The summed E-state index contributed by atoms with van der Waals surface area (Å²) in [4.78, 5) is 1.28. The second-order valence-corrected chi connectivity index (χ2v) is 7.10. The van der Waals surface area contributed by atoms with Gasteiger partial charge in [0.1, 0.15) is 5.84 Å². The molecule has 0 bridgehead atoms. The predicted molar refractivity (Wildman–Crippen MR) is 85.9 cm³/mol. The van der Waals surface area contributed by atoms with Crippen molar-refractivity contribution in [1.29, 1.82) is 0 Å². The fourth-order valence-corrected chi connectivity index (χ4v) is 3.25. The van der Waals surface area contributed by atoms with E-state index >= 15 is 0 Å². The van der Waals surface area contributed by atoms with Crippen molar-refractivity contribution in [2.75, 3.05) is 5.75 Å². The monoisotopic (exact) mass is 344 g/mol. The van der Waals surface area contributed by atoms with Crippen molar-refractivity contribution in [3.63, 3.8) is 0 Å². The summed E-state index contributed by atoms with van der Waals surface area (Å²) in [7, 11) is 0. The molecule has 0 saturated carbocycles. The highest BCUT2D eigenvalue weighted by molar-refractivity contribution is 9.10. The number of thioether (sulfide) groups is 1. The van der Waals surface area contributed by atoms with Crippen LogP contribution in [0.5, 0.6) is 0 Å². The van der Waals surface area contributed by atoms with E-state index in [1.165, 1.54) is 4.90 Å². The van der Waals surface area contributed by atoms with E-state index in [0.717, 1.165) is 29.5 Å². The van der Waals surface area contributed by atoms with E-state index < -0.39 is 0 Å². The Hall–Kier alpha value is -0.680. The van der Waals surface area contributed by atoms with Gasteiger partial charge in [0.05, 0.1) is 0 Å². The van der Waals surface area contributed by atoms with Crippen LogP contribution in [0.3, 0.4) is 0 Å². The first kappa shape index (κ1) is 16.4. The third kappa shape index (κ3) is 5.45. The van der Waals surface area contributed by atoms with E-state index in [-0.39, 0.29) is 5.41 Å². The Morgan fingerprint density at radius 2 is 2.05 bits per heavy atom. The van der Waals surface area contributed by atoms with Crippen LogP contribution in [-0.2, 0) is 0 Å². The molecule has 0 saturated heterocycles. The first-order valence-electron chi connectivity index (χ1n) is 6.32. The Balaban J connectivity index is 2.27. The number of nitrogens with two attached hydrogens (primary N) is 1. The van der Waals surface area contributed by atoms with Gasteiger partial charge >= 0.3 is 0 Å². The van der Waals surface area contributed by atoms with Crippen molar-refractivity contribution < 1.29 is 5.21 Å². The molecule has 19 heavy (non-hydrogen) atoms. The summed E-state index contributed by atoms with van der Waals surface area (Å²) in [6.07, 6.45) is 3.12. The number of halogens is 1. The van der Waals surface area contributed by atoms with Gasteiger partial charge in [-0.15, -0.1) is 11.8 Å². The highest BCUT2D eigenvalue weighted by Gasteiger charge is 2.22. The highest BCUT2D eigenvalue weighted by Crippen LogP contribution is 2.29. The van der Waals surface area contributed by atoms with Gasteiger partial charge in [-0.3, -0.25) is 0 Å². The van der Waals surface area contributed by atoms with Gasteiger partial charge in [0, 0.05) is 14.8 Å². The average molecular weight is 345 g/mol. The molecule has 0 spiro atoms. The minimum Gasteiger partial charge on any atom is -0.409 e. The number of nitrogens with zero attached hydrogens (tertiary/aromatic N) is 1. The zero-order valence-electron chi connectivity index (χ0n) is 11.4. The molecule has 0 aromatic heterocycles. The van der Waals surface area contributed by atoms with Crippen LogP contribution in [0.2, 0.25) is 0 Å². The Kier molecular flexibility index (Phi) is 6.72. The fraction of sp³-hybridized carbons (Fsp3) is 0.500. The lowest BCUT2D eigenvalue weighted by Gasteiger charge is -2.22. The van der Waals surface area contributed by atoms with E-state index in [4.69, 9.17) is 10.9 Å². The second-order valence-electron chi connectivity index (χ2n) is 5.11. The Morgan fingerprint density at radius 1 is 1.37 bits per heavy atom. The molecule has 5 heteroatoms. The molecule has 0 fully saturated rings. The Morgan fingerprint density at radius 3 is 2.68 bits per heavy atom. The molecule has 1 rings (SSSR count). The van der Waals surface area contributed by atoms with Gasteiger partial charge in [-0.2, -0.15) is 0 Å². The van der Waals surface area contributed by atoms with Gasteiger partial charge in [0.25, 0.3) is 0 Å². The summed E-state index contributed by atoms with van der Waals surface area (Å²) < 4.78 is 1.15. The molecule has 1 aromatic carbocycles. The molecule has 106 valence electrons. The van der Waals surface area contributed by atoms with Crippen molar-refractivity contribution in [2.24, 2.45) is 16.3 Å². The maximum absolute atomic E-state index is 8.71. The molecule has 0 aliphatic carbocycles. The van der Waals surface area contributed by atoms with Gasteiger partial charge in [-0.25, -0.2) is 0 Å². The SMILES string of the molecule is CC(C)(CCCCSc1ccccc1Br)/C(N)=N/O. The number of amidine groups is 1. The average Bonchev–Trinajstić information content (AvgIpc) is 2.39. The van der Waals surface area contributed by atoms with E-state index in [1.54, 1.807) is 0 Å². The van der Waals surface area contributed by atoms with E-state index in [9.17, 15) is 0 Å². The number of hydrogen-bond acceptors (Lipinski definition) is 3. The first-order valence-corrected chi connectivity index (χ1v) is 8.10. The number of rotatable bonds is 7. The molecule has 3 N–H and O–H groups in total. The van der Waals surface area contributed by atoms with Crippen LogP contribution in [-0.4, -0.2) is 16.8 Å². The minimum atomic E-state index is -0.229. The molecular weight excluding hydrogens is 324 g/mol. The standard InChI is InChI=1S/C14H21BrN2OS/c1-14(2,13(16)17-18)9-5-6-10-19-12-8-4-3-7-11(12)15/h3-4,7-8,18H,5-6,9-10H2,1-2H3,(H2,16,17). The Labute approximate surface area is 127 Å². The van der Waals surface area contributed by atoms with Gasteiger partial charge < -0.3 is 10.9 Å². The molecule has 3 nitrogen and oxygen atoms in total. The van der Waals surface area contributed by atoms with E-state index in [2.05, 4.69) is 39.3 Å². The minimum absolute atomic E-state index is 0.229. The number of unbranched alkanes of at least 4 members (excludes halogenated alkanes) is 1. The van der Waals surface area contributed by atoms with Crippen molar-refractivity contribution in [3.05, 3.63) is 28.7 Å². The maximum atomic E-state index is 8.71. The first-order chi connectivity index (χ1) is 8.97.